The summed E-state index contributed by atoms with van der Waals surface area (Å²) in [6.45, 7) is -2.27. The van der Waals surface area contributed by atoms with Gasteiger partial charge in [0, 0.05) is 6.20 Å². The van der Waals surface area contributed by atoms with Crippen molar-refractivity contribution in [2.45, 2.75) is 91.9 Å². The molecule has 3 saturated heterocycles. The Morgan fingerprint density at radius 2 is 1.43 bits per heavy atom. The predicted molar refractivity (Wildman–Crippen MR) is 142 cm³/mol. The molecule has 0 radical (unpaired) electrons. The van der Waals surface area contributed by atoms with Crippen molar-refractivity contribution < 1.29 is 69.3 Å². The van der Waals surface area contributed by atoms with Gasteiger partial charge in [-0.3, -0.25) is 4.98 Å². The first-order valence-electron chi connectivity index (χ1n) is 13.7. The average Bonchev–Trinajstić information content (AvgIpc) is 3.02. The van der Waals surface area contributed by atoms with E-state index in [2.05, 4.69) is 10.4 Å². The molecule has 0 spiro atoms. The van der Waals surface area contributed by atoms with E-state index in [9.17, 15) is 45.6 Å². The number of nitrogens with two attached hydrogens (primary N) is 3. The van der Waals surface area contributed by atoms with Gasteiger partial charge in [-0.15, -0.1) is 0 Å². The van der Waals surface area contributed by atoms with Crippen LogP contribution in [0.3, 0.4) is 0 Å². The number of urea groups is 1. The third-order valence-electron chi connectivity index (χ3n) is 7.69. The minimum absolute atomic E-state index is 0.118. The molecule has 4 rings (SSSR count). The molecule has 3 fully saturated rings. The van der Waals surface area contributed by atoms with Crippen molar-refractivity contribution in [3.8, 4) is 0 Å². The second-order valence-electron chi connectivity index (χ2n) is 10.6. The maximum absolute atomic E-state index is 12.5. The Labute approximate surface area is 250 Å². The number of aliphatic hydroxyl groups is 8. The molecule has 0 aromatic carbocycles. The maximum Gasteiger partial charge on any atom is 0.333 e. The molecule has 44 heavy (non-hydrogen) atoms. The smallest absolute Gasteiger partial charge is 0.333 e. The number of aromatic nitrogens is 1. The Hall–Kier alpha value is -2.22. The summed E-state index contributed by atoms with van der Waals surface area (Å²) in [4.78, 5) is 16.4. The normalized spacial score (nSPS) is 43.0. The number of anilines is 1. The van der Waals surface area contributed by atoms with E-state index in [1.807, 2.05) is 0 Å². The van der Waals surface area contributed by atoms with Gasteiger partial charge in [0.2, 0.25) is 0 Å². The number of carbonyl (C=O) groups is 1. The first-order valence-corrected chi connectivity index (χ1v) is 13.7. The van der Waals surface area contributed by atoms with Gasteiger partial charge in [0.15, 0.2) is 18.9 Å². The lowest BCUT2D eigenvalue weighted by Gasteiger charge is -2.49. The molecule has 0 bridgehead atoms. The number of nitrogens with zero attached hydrogens (tertiary/aromatic N) is 2. The van der Waals surface area contributed by atoms with Gasteiger partial charge in [-0.25, -0.2) is 15.2 Å². The van der Waals surface area contributed by atoms with Crippen molar-refractivity contribution in [1.29, 1.82) is 0 Å². The van der Waals surface area contributed by atoms with E-state index in [4.69, 9.17) is 40.9 Å². The number of hydrazine groups is 1. The van der Waals surface area contributed by atoms with E-state index >= 15 is 0 Å². The van der Waals surface area contributed by atoms with Crippen LogP contribution in [0.2, 0.25) is 0 Å². The first kappa shape index (κ1) is 34.6. The fraction of sp³-hybridized carbons (Fsp3) is 0.750. The van der Waals surface area contributed by atoms with Crippen molar-refractivity contribution in [2.75, 3.05) is 24.8 Å². The van der Waals surface area contributed by atoms with Crippen molar-refractivity contribution in [1.82, 2.24) is 10.4 Å². The van der Waals surface area contributed by atoms with Gasteiger partial charge in [0.05, 0.1) is 43.8 Å². The minimum atomic E-state index is -1.79. The molecule has 1 aromatic rings. The van der Waals surface area contributed by atoms with Crippen molar-refractivity contribution in [3.05, 3.63) is 24.5 Å². The summed E-state index contributed by atoms with van der Waals surface area (Å²) in [5.74, 6) is 0. The van der Waals surface area contributed by atoms with Gasteiger partial charge < -0.3 is 81.7 Å². The maximum atomic E-state index is 12.5. The number of pyridine rings is 1. The summed E-state index contributed by atoms with van der Waals surface area (Å²) in [7, 11) is 0. The van der Waals surface area contributed by atoms with E-state index in [0.717, 1.165) is 5.01 Å². The average molecular weight is 637 g/mol. The number of carbonyl (C=O) groups excluding carboxylic acids is 1. The van der Waals surface area contributed by atoms with Crippen LogP contribution in [0.25, 0.3) is 0 Å². The highest BCUT2D eigenvalue weighted by molar-refractivity contribution is 5.89. The number of ether oxygens (including phenoxy) is 5. The highest BCUT2D eigenvalue weighted by Crippen LogP contribution is 2.32. The lowest BCUT2D eigenvalue weighted by molar-refractivity contribution is -0.350. The Balaban J connectivity index is 1.66. The Morgan fingerprint density at radius 1 is 0.841 bits per heavy atom. The van der Waals surface area contributed by atoms with Crippen LogP contribution >= 0.6 is 0 Å². The molecule has 2 unspecified atom stereocenters. The zero-order chi connectivity index (χ0) is 32.3. The fourth-order valence-electron chi connectivity index (χ4n) is 5.19. The van der Waals surface area contributed by atoms with Crippen LogP contribution in [-0.4, -0.2) is 164 Å². The number of rotatable bonds is 10. The number of hydrogen-bond donors (Lipinski definition) is 12. The lowest BCUT2D eigenvalue weighted by atomic mass is 9.94. The summed E-state index contributed by atoms with van der Waals surface area (Å²) in [6.07, 6.45) is -15.8. The van der Waals surface area contributed by atoms with E-state index in [-0.39, 0.29) is 5.69 Å². The molecule has 15 N–H and O–H groups in total. The summed E-state index contributed by atoms with van der Waals surface area (Å²) >= 11 is 0. The molecule has 15 atom stereocenters. The fourth-order valence-corrected chi connectivity index (χ4v) is 5.19. The van der Waals surface area contributed by atoms with Crippen LogP contribution in [0.15, 0.2) is 24.5 Å². The van der Waals surface area contributed by atoms with Gasteiger partial charge in [-0.1, -0.05) is 0 Å². The number of aliphatic hydroxyl groups excluding tert-OH is 8. The second-order valence-corrected chi connectivity index (χ2v) is 10.6. The van der Waals surface area contributed by atoms with Crippen LogP contribution in [0, 0.1) is 0 Å². The van der Waals surface area contributed by atoms with E-state index in [1.54, 1.807) is 0 Å². The zero-order valence-corrected chi connectivity index (χ0v) is 23.2. The van der Waals surface area contributed by atoms with Crippen molar-refractivity contribution in [3.63, 3.8) is 0 Å². The van der Waals surface area contributed by atoms with Crippen LogP contribution in [0.1, 0.15) is 0 Å². The van der Waals surface area contributed by atoms with Gasteiger partial charge in [-0.2, -0.15) is 0 Å². The molecular weight excluding hydrogens is 596 g/mol. The monoisotopic (exact) mass is 636 g/mol. The molecular formula is C24H40N6O14. The number of nitrogens with one attached hydrogen (secondary N) is 1. The van der Waals surface area contributed by atoms with Crippen LogP contribution in [-0.2, 0) is 23.7 Å². The number of hydrogen-bond acceptors (Lipinski definition) is 18. The molecule has 2 amide bonds. The third kappa shape index (κ3) is 7.10. The van der Waals surface area contributed by atoms with Gasteiger partial charge in [0.1, 0.15) is 61.0 Å². The third-order valence-corrected chi connectivity index (χ3v) is 7.69. The molecule has 1 aromatic heterocycles. The topological polar surface area (TPSA) is 331 Å². The Morgan fingerprint density at radius 3 is 2.02 bits per heavy atom. The number of primary amides is 1. The van der Waals surface area contributed by atoms with E-state index in [1.165, 1.54) is 24.5 Å². The van der Waals surface area contributed by atoms with E-state index in [0.29, 0.717) is 0 Å². The van der Waals surface area contributed by atoms with Gasteiger partial charge in [-0.05, 0) is 12.1 Å². The molecule has 3 aliphatic rings. The summed E-state index contributed by atoms with van der Waals surface area (Å²) in [5.41, 5.74) is 20.2. The van der Waals surface area contributed by atoms with Crippen molar-refractivity contribution in [2.24, 2.45) is 17.2 Å². The SMILES string of the molecule is NC(=O)N(N[C@H]1[C@H](OC2[C@@H](CO)O[C@@H](O)[C@H](N)[C@H]2O)O[C@H](CO)C(O[C@@H]2O[C@H](CO)[C@@H](O)[C@H](O)[C@H]2N)[C@@H]1O)c1cccnc1. The van der Waals surface area contributed by atoms with Crippen molar-refractivity contribution >= 4 is 11.7 Å². The number of amides is 2. The minimum Gasteiger partial charge on any atom is -0.394 e. The zero-order valence-electron chi connectivity index (χ0n) is 23.2. The second kappa shape index (κ2) is 14.9. The first-order chi connectivity index (χ1) is 20.9. The van der Waals surface area contributed by atoms with Crippen LogP contribution < -0.4 is 27.6 Å². The summed E-state index contributed by atoms with van der Waals surface area (Å²) in [5, 5.41) is 83.3. The Kier molecular flexibility index (Phi) is 11.7. The predicted octanol–water partition coefficient (Wildman–Crippen LogP) is -7.15. The quantitative estimate of drug-likeness (QED) is 0.106. The molecule has 250 valence electrons. The highest BCUT2D eigenvalue weighted by Gasteiger charge is 2.53. The molecule has 20 heteroatoms. The lowest BCUT2D eigenvalue weighted by Crippen LogP contribution is -2.71. The molecule has 20 nitrogen and oxygen atoms in total. The standard InChI is InChI=1S/C24H40N6O14/c25-12-17(36)19(10(6-32)40-21(12)38)44-23-14(29-30(24(27)39)8-2-1-3-28-4-8)18(37)20(11(7-33)42-23)43-22-13(26)16(35)15(34)9(5-31)41-22/h1-4,9-23,29,31-38H,5-7,25-26H2,(H2,27,39)/t9-,10-,11-,12-,13-,14-,15-,16-,17-,18-,19?,20?,21-,22+,23+/m1/s1. The molecule has 4 heterocycles. The van der Waals surface area contributed by atoms with Crippen LogP contribution in [0.4, 0.5) is 10.5 Å². The molecule has 3 aliphatic heterocycles. The molecule has 0 aliphatic carbocycles. The van der Waals surface area contributed by atoms with Crippen LogP contribution in [0.5, 0.6) is 0 Å². The Bertz CT molecular complexity index is 1060. The highest BCUT2D eigenvalue weighted by atomic mass is 16.7. The summed E-state index contributed by atoms with van der Waals surface area (Å²) < 4.78 is 28.4. The van der Waals surface area contributed by atoms with Gasteiger partial charge in [0.25, 0.3) is 0 Å². The molecule has 0 saturated carbocycles. The largest absolute Gasteiger partial charge is 0.394 e. The van der Waals surface area contributed by atoms with Gasteiger partial charge >= 0.3 is 6.03 Å². The van der Waals surface area contributed by atoms with E-state index < -0.39 is 118 Å². The summed E-state index contributed by atoms with van der Waals surface area (Å²) in [6, 6.07) is -2.41.